The summed E-state index contributed by atoms with van der Waals surface area (Å²) in [5.41, 5.74) is 0.599. The number of aromatic hydroxyl groups is 1. The molecule has 66 valence electrons. The van der Waals surface area contributed by atoms with Gasteiger partial charge in [0, 0.05) is 17.7 Å². The number of methoxy groups -OCH3 is 1. The minimum Gasteiger partial charge on any atom is -0.507 e. The van der Waals surface area contributed by atoms with Crippen LogP contribution in [-0.4, -0.2) is 12.2 Å². The van der Waals surface area contributed by atoms with Crippen LogP contribution in [-0.2, 0) is 0 Å². The third-order valence-electron chi connectivity index (χ3n) is 1.58. The number of nitriles is 1. The molecule has 1 rings (SSSR count). The summed E-state index contributed by atoms with van der Waals surface area (Å²) in [6.45, 7) is 0. The molecule has 0 atom stereocenters. The van der Waals surface area contributed by atoms with E-state index in [4.69, 9.17) is 10.00 Å². The third-order valence-corrected chi connectivity index (χ3v) is 1.58. The molecule has 1 aromatic carbocycles. The van der Waals surface area contributed by atoms with Gasteiger partial charge >= 0.3 is 0 Å². The Morgan fingerprint density at radius 3 is 2.85 bits per heavy atom. The van der Waals surface area contributed by atoms with Crippen LogP contribution < -0.4 is 4.74 Å². The van der Waals surface area contributed by atoms with Gasteiger partial charge in [-0.3, -0.25) is 0 Å². The predicted molar refractivity (Wildman–Crippen MR) is 49.3 cm³/mol. The van der Waals surface area contributed by atoms with Gasteiger partial charge in [-0.2, -0.15) is 5.26 Å². The molecule has 1 aromatic rings. The standard InChI is InChI=1S/C10H9NO2/c1-13-9-5-4-8(3-2-6-11)10(12)7-9/h2-5,7,12H,1H3. The molecule has 0 aliphatic rings. The molecule has 1 N–H and O–H groups in total. The van der Waals surface area contributed by atoms with Gasteiger partial charge in [0.2, 0.25) is 0 Å². The van der Waals surface area contributed by atoms with Crippen LogP contribution in [0.15, 0.2) is 24.3 Å². The van der Waals surface area contributed by atoms with Gasteiger partial charge in [0.25, 0.3) is 0 Å². The van der Waals surface area contributed by atoms with Crippen LogP contribution in [0.4, 0.5) is 0 Å². The SMILES string of the molecule is COc1ccc(C=CC#N)c(O)c1. The molecule has 3 heteroatoms. The largest absolute Gasteiger partial charge is 0.507 e. The molecule has 0 aliphatic heterocycles. The summed E-state index contributed by atoms with van der Waals surface area (Å²) in [6.07, 6.45) is 2.84. The monoisotopic (exact) mass is 175 g/mol. The van der Waals surface area contributed by atoms with Crippen LogP contribution in [0, 0.1) is 11.3 Å². The van der Waals surface area contributed by atoms with Gasteiger partial charge < -0.3 is 9.84 Å². The first-order valence-electron chi connectivity index (χ1n) is 3.71. The van der Waals surface area contributed by atoms with E-state index in [1.807, 2.05) is 6.07 Å². The molecule has 0 saturated heterocycles. The Balaban J connectivity index is 3.00. The highest BCUT2D eigenvalue weighted by atomic mass is 16.5. The van der Waals surface area contributed by atoms with Gasteiger partial charge in [-0.15, -0.1) is 0 Å². The van der Waals surface area contributed by atoms with Crippen molar-refractivity contribution < 1.29 is 9.84 Å². The molecule has 0 aliphatic carbocycles. The zero-order valence-corrected chi connectivity index (χ0v) is 7.19. The lowest BCUT2D eigenvalue weighted by molar-refractivity contribution is 0.407. The number of hydrogen-bond acceptors (Lipinski definition) is 3. The normalized spacial score (nSPS) is 9.85. The van der Waals surface area contributed by atoms with E-state index in [0.717, 1.165) is 0 Å². The minimum absolute atomic E-state index is 0.103. The zero-order valence-electron chi connectivity index (χ0n) is 7.19. The molecule has 0 heterocycles. The highest BCUT2D eigenvalue weighted by Crippen LogP contribution is 2.24. The number of ether oxygens (including phenoxy) is 1. The number of benzene rings is 1. The van der Waals surface area contributed by atoms with Crippen LogP contribution in [0.5, 0.6) is 11.5 Å². The average molecular weight is 175 g/mol. The molecule has 0 bridgehead atoms. The van der Waals surface area contributed by atoms with E-state index in [1.54, 1.807) is 12.1 Å². The van der Waals surface area contributed by atoms with Crippen molar-refractivity contribution in [2.45, 2.75) is 0 Å². The second-order valence-corrected chi connectivity index (χ2v) is 2.39. The lowest BCUT2D eigenvalue weighted by Gasteiger charge is -2.02. The van der Waals surface area contributed by atoms with Crippen molar-refractivity contribution in [3.63, 3.8) is 0 Å². The van der Waals surface area contributed by atoms with E-state index >= 15 is 0 Å². The number of hydrogen-bond donors (Lipinski definition) is 1. The Morgan fingerprint density at radius 2 is 2.31 bits per heavy atom. The number of phenolic OH excluding ortho intramolecular Hbond substituents is 1. The number of rotatable bonds is 2. The second-order valence-electron chi connectivity index (χ2n) is 2.39. The quantitative estimate of drug-likeness (QED) is 0.699. The van der Waals surface area contributed by atoms with E-state index in [9.17, 15) is 5.11 Å². The molecule has 0 unspecified atom stereocenters. The molecule has 0 amide bonds. The Kier molecular flexibility index (Phi) is 2.93. The van der Waals surface area contributed by atoms with Crippen LogP contribution >= 0.6 is 0 Å². The summed E-state index contributed by atoms with van der Waals surface area (Å²) in [5.74, 6) is 0.692. The van der Waals surface area contributed by atoms with Crippen molar-refractivity contribution >= 4 is 6.08 Å². The minimum atomic E-state index is 0.103. The topological polar surface area (TPSA) is 53.2 Å². The van der Waals surface area contributed by atoms with Crippen LogP contribution in [0.25, 0.3) is 6.08 Å². The Bertz CT molecular complexity index is 364. The fraction of sp³-hybridized carbons (Fsp3) is 0.100. The molecule has 3 nitrogen and oxygen atoms in total. The summed E-state index contributed by atoms with van der Waals surface area (Å²) in [5, 5.41) is 17.7. The number of phenols is 1. The lowest BCUT2D eigenvalue weighted by atomic mass is 10.2. The molecule has 0 aromatic heterocycles. The van der Waals surface area contributed by atoms with Crippen molar-refractivity contribution in [2.75, 3.05) is 7.11 Å². The fourth-order valence-corrected chi connectivity index (χ4v) is 0.918. The lowest BCUT2D eigenvalue weighted by Crippen LogP contribution is -1.82. The maximum Gasteiger partial charge on any atom is 0.126 e. The van der Waals surface area contributed by atoms with Gasteiger partial charge in [0.1, 0.15) is 11.5 Å². The van der Waals surface area contributed by atoms with Crippen molar-refractivity contribution in [1.29, 1.82) is 5.26 Å². The Labute approximate surface area is 76.5 Å². The van der Waals surface area contributed by atoms with Crippen molar-refractivity contribution in [3.8, 4) is 17.6 Å². The Morgan fingerprint density at radius 1 is 1.54 bits per heavy atom. The summed E-state index contributed by atoms with van der Waals surface area (Å²) < 4.78 is 4.91. The first-order valence-corrected chi connectivity index (χ1v) is 3.71. The predicted octanol–water partition coefficient (Wildman–Crippen LogP) is 1.94. The first-order chi connectivity index (χ1) is 6.27. The maximum absolute atomic E-state index is 9.41. The highest BCUT2D eigenvalue weighted by molar-refractivity contribution is 5.60. The van der Waals surface area contributed by atoms with Gasteiger partial charge in [-0.05, 0) is 18.2 Å². The van der Waals surface area contributed by atoms with Crippen LogP contribution in [0.2, 0.25) is 0 Å². The number of allylic oxidation sites excluding steroid dienone is 1. The van der Waals surface area contributed by atoms with E-state index in [2.05, 4.69) is 0 Å². The highest BCUT2D eigenvalue weighted by Gasteiger charge is 1.98. The molecule has 13 heavy (non-hydrogen) atoms. The Hall–Kier alpha value is -1.95. The van der Waals surface area contributed by atoms with E-state index in [0.29, 0.717) is 11.3 Å². The van der Waals surface area contributed by atoms with Gasteiger partial charge in [-0.1, -0.05) is 0 Å². The smallest absolute Gasteiger partial charge is 0.126 e. The molecule has 0 radical (unpaired) electrons. The molecule has 0 fully saturated rings. The summed E-state index contributed by atoms with van der Waals surface area (Å²) in [4.78, 5) is 0. The molecular weight excluding hydrogens is 166 g/mol. The van der Waals surface area contributed by atoms with Gasteiger partial charge in [0.15, 0.2) is 0 Å². The van der Waals surface area contributed by atoms with Gasteiger partial charge in [0.05, 0.1) is 13.2 Å². The van der Waals surface area contributed by atoms with Gasteiger partial charge in [-0.25, -0.2) is 0 Å². The van der Waals surface area contributed by atoms with E-state index < -0.39 is 0 Å². The van der Waals surface area contributed by atoms with E-state index in [1.165, 1.54) is 25.3 Å². The van der Waals surface area contributed by atoms with Crippen LogP contribution in [0.1, 0.15) is 5.56 Å². The van der Waals surface area contributed by atoms with Crippen molar-refractivity contribution in [3.05, 3.63) is 29.8 Å². The molecule has 0 saturated carbocycles. The first kappa shape index (κ1) is 9.14. The fourth-order valence-electron chi connectivity index (χ4n) is 0.918. The number of nitrogens with zero attached hydrogens (tertiary/aromatic N) is 1. The molecular formula is C10H9NO2. The summed E-state index contributed by atoms with van der Waals surface area (Å²) >= 11 is 0. The van der Waals surface area contributed by atoms with Crippen LogP contribution in [0.3, 0.4) is 0 Å². The molecule has 0 spiro atoms. The third kappa shape index (κ3) is 2.24. The van der Waals surface area contributed by atoms with E-state index in [-0.39, 0.29) is 5.75 Å². The summed E-state index contributed by atoms with van der Waals surface area (Å²) in [6, 6.07) is 6.75. The second kappa shape index (κ2) is 4.17. The van der Waals surface area contributed by atoms with Crippen molar-refractivity contribution in [1.82, 2.24) is 0 Å². The van der Waals surface area contributed by atoms with Crippen molar-refractivity contribution in [2.24, 2.45) is 0 Å². The maximum atomic E-state index is 9.41. The average Bonchev–Trinajstić information content (AvgIpc) is 2.16. The summed E-state index contributed by atoms with van der Waals surface area (Å²) in [7, 11) is 1.53. The zero-order chi connectivity index (χ0) is 9.68.